The summed E-state index contributed by atoms with van der Waals surface area (Å²) in [7, 11) is 0. The monoisotopic (exact) mass is 189 g/mol. The highest BCUT2D eigenvalue weighted by Crippen LogP contribution is 2.30. The Balaban J connectivity index is 2.23. The molecule has 0 aromatic heterocycles. The van der Waals surface area contributed by atoms with Crippen LogP contribution in [-0.4, -0.2) is 12.1 Å². The zero-order chi connectivity index (χ0) is 10.1. The molecule has 14 heavy (non-hydrogen) atoms. The van der Waals surface area contributed by atoms with Gasteiger partial charge in [0.15, 0.2) is 0 Å². The first-order chi connectivity index (χ1) is 6.66. The van der Waals surface area contributed by atoms with Crippen LogP contribution in [0.1, 0.15) is 37.3 Å². The van der Waals surface area contributed by atoms with Crippen molar-refractivity contribution in [1.29, 1.82) is 0 Å². The third-order valence-corrected chi connectivity index (χ3v) is 3.23. The highest BCUT2D eigenvalue weighted by atomic mass is 15.0. The molecule has 1 heteroatoms. The maximum absolute atomic E-state index is 3.58. The summed E-state index contributed by atoms with van der Waals surface area (Å²) in [6.45, 7) is 6.72. The Morgan fingerprint density at radius 3 is 2.64 bits per heavy atom. The minimum atomic E-state index is 0.617. The maximum Gasteiger partial charge on any atom is 0.0110 e. The number of hydrogen-bond acceptors (Lipinski definition) is 1. The van der Waals surface area contributed by atoms with Crippen LogP contribution < -0.4 is 5.32 Å². The van der Waals surface area contributed by atoms with Crippen LogP contribution in [0.5, 0.6) is 0 Å². The van der Waals surface area contributed by atoms with E-state index in [1.807, 2.05) is 0 Å². The molecule has 1 saturated heterocycles. The molecule has 76 valence electrons. The molecule has 1 N–H and O–H groups in total. The largest absolute Gasteiger partial charge is 0.311 e. The predicted octanol–water partition coefficient (Wildman–Crippen LogP) is 2.85. The molecule has 0 spiro atoms. The summed E-state index contributed by atoms with van der Waals surface area (Å²) in [5, 5.41) is 3.58. The zero-order valence-corrected chi connectivity index (χ0v) is 9.25. The minimum absolute atomic E-state index is 0.617. The van der Waals surface area contributed by atoms with Crippen molar-refractivity contribution in [2.45, 2.75) is 45.2 Å². The Morgan fingerprint density at radius 1 is 1.29 bits per heavy atom. The normalized spacial score (nSPS) is 32.1. The third kappa shape index (κ3) is 1.83. The smallest absolute Gasteiger partial charge is 0.0110 e. The van der Waals surface area contributed by atoms with Crippen LogP contribution in [0.25, 0.3) is 0 Å². The van der Waals surface area contributed by atoms with Gasteiger partial charge in [0.05, 0.1) is 0 Å². The molecule has 1 aromatic carbocycles. The minimum Gasteiger partial charge on any atom is -0.311 e. The molecule has 2 rings (SSSR count). The predicted molar refractivity (Wildman–Crippen MR) is 60.6 cm³/mol. The first-order valence-electron chi connectivity index (χ1n) is 5.49. The van der Waals surface area contributed by atoms with Gasteiger partial charge in [0, 0.05) is 18.0 Å². The Morgan fingerprint density at radius 2 is 2.07 bits per heavy atom. The number of rotatable bonds is 1. The van der Waals surface area contributed by atoms with Gasteiger partial charge in [0.2, 0.25) is 0 Å². The molecule has 1 aromatic rings. The number of hydrogen-bond donors (Lipinski definition) is 1. The van der Waals surface area contributed by atoms with Crippen LogP contribution in [0.15, 0.2) is 24.3 Å². The molecular weight excluding hydrogens is 170 g/mol. The maximum atomic E-state index is 3.58. The van der Waals surface area contributed by atoms with Gasteiger partial charge in [-0.3, -0.25) is 0 Å². The van der Waals surface area contributed by atoms with Crippen LogP contribution in [0, 0.1) is 6.92 Å². The van der Waals surface area contributed by atoms with Gasteiger partial charge in [-0.05, 0) is 32.8 Å². The fraction of sp³-hybridized carbons (Fsp3) is 0.538. The lowest BCUT2D eigenvalue weighted by Gasteiger charge is -2.15. The van der Waals surface area contributed by atoms with Gasteiger partial charge in [0.1, 0.15) is 0 Å². The van der Waals surface area contributed by atoms with Crippen molar-refractivity contribution in [2.75, 3.05) is 0 Å². The molecular formula is C13H19N. The summed E-state index contributed by atoms with van der Waals surface area (Å²) < 4.78 is 0. The van der Waals surface area contributed by atoms with E-state index in [2.05, 4.69) is 50.4 Å². The summed E-state index contributed by atoms with van der Waals surface area (Å²) in [6.07, 6.45) is 1.27. The van der Waals surface area contributed by atoms with Crippen molar-refractivity contribution in [1.82, 2.24) is 5.32 Å². The molecule has 1 aliphatic rings. The van der Waals surface area contributed by atoms with E-state index in [1.54, 1.807) is 0 Å². The summed E-state index contributed by atoms with van der Waals surface area (Å²) in [5.74, 6) is 0.699. The zero-order valence-electron chi connectivity index (χ0n) is 9.25. The Kier molecular flexibility index (Phi) is 2.60. The van der Waals surface area contributed by atoms with E-state index >= 15 is 0 Å². The second-order valence-electron chi connectivity index (χ2n) is 4.61. The number of nitrogens with one attached hydrogen (secondary N) is 1. The second-order valence-corrected chi connectivity index (χ2v) is 4.61. The molecule has 3 unspecified atom stereocenters. The van der Waals surface area contributed by atoms with Crippen molar-refractivity contribution in [3.8, 4) is 0 Å². The summed E-state index contributed by atoms with van der Waals surface area (Å²) in [6, 6.07) is 10.2. The Hall–Kier alpha value is -0.820. The van der Waals surface area contributed by atoms with E-state index < -0.39 is 0 Å². The average Bonchev–Trinajstić information content (AvgIpc) is 2.45. The van der Waals surface area contributed by atoms with Gasteiger partial charge in [0.25, 0.3) is 0 Å². The van der Waals surface area contributed by atoms with E-state index in [0.29, 0.717) is 18.0 Å². The van der Waals surface area contributed by atoms with Gasteiger partial charge >= 0.3 is 0 Å². The van der Waals surface area contributed by atoms with Gasteiger partial charge in [-0.1, -0.05) is 29.8 Å². The van der Waals surface area contributed by atoms with Crippen LogP contribution in [-0.2, 0) is 0 Å². The van der Waals surface area contributed by atoms with Crippen molar-refractivity contribution in [2.24, 2.45) is 0 Å². The van der Waals surface area contributed by atoms with Crippen LogP contribution in [0.3, 0.4) is 0 Å². The molecule has 1 aliphatic heterocycles. The molecule has 1 fully saturated rings. The number of aryl methyl sites for hydroxylation is 1. The lowest BCUT2D eigenvalue weighted by molar-refractivity contribution is 0.574. The van der Waals surface area contributed by atoms with Gasteiger partial charge in [-0.25, -0.2) is 0 Å². The van der Waals surface area contributed by atoms with Gasteiger partial charge in [-0.2, -0.15) is 0 Å². The standard InChI is InChI=1S/C13H19N/c1-9-5-4-6-12(7-9)13-8-10(2)14-11(13)3/h4-7,10-11,13-14H,8H2,1-3H3. The molecule has 0 saturated carbocycles. The summed E-state index contributed by atoms with van der Waals surface area (Å²) in [4.78, 5) is 0. The number of benzene rings is 1. The fourth-order valence-corrected chi connectivity index (χ4v) is 2.54. The third-order valence-electron chi connectivity index (χ3n) is 3.23. The van der Waals surface area contributed by atoms with Crippen LogP contribution in [0.2, 0.25) is 0 Å². The Labute approximate surface area is 86.5 Å². The van der Waals surface area contributed by atoms with Crippen molar-refractivity contribution >= 4 is 0 Å². The van der Waals surface area contributed by atoms with Crippen LogP contribution >= 0.6 is 0 Å². The van der Waals surface area contributed by atoms with E-state index in [0.717, 1.165) is 0 Å². The molecule has 1 nitrogen and oxygen atoms in total. The summed E-state index contributed by atoms with van der Waals surface area (Å²) >= 11 is 0. The van der Waals surface area contributed by atoms with Crippen molar-refractivity contribution in [3.63, 3.8) is 0 Å². The van der Waals surface area contributed by atoms with E-state index in [4.69, 9.17) is 0 Å². The molecule has 0 radical (unpaired) electrons. The van der Waals surface area contributed by atoms with E-state index in [-0.39, 0.29) is 0 Å². The lowest BCUT2D eigenvalue weighted by atomic mass is 9.91. The molecule has 0 amide bonds. The SMILES string of the molecule is Cc1cccc(C2CC(C)NC2C)c1. The molecule has 0 aliphatic carbocycles. The molecule has 3 atom stereocenters. The molecule has 1 heterocycles. The van der Waals surface area contributed by atoms with E-state index in [9.17, 15) is 0 Å². The quantitative estimate of drug-likeness (QED) is 0.716. The Bertz CT molecular complexity index is 319. The topological polar surface area (TPSA) is 12.0 Å². The average molecular weight is 189 g/mol. The summed E-state index contributed by atoms with van der Waals surface area (Å²) in [5.41, 5.74) is 2.86. The first kappa shape index (κ1) is 9.72. The van der Waals surface area contributed by atoms with Crippen molar-refractivity contribution < 1.29 is 0 Å². The molecule has 0 bridgehead atoms. The van der Waals surface area contributed by atoms with E-state index in [1.165, 1.54) is 17.5 Å². The lowest BCUT2D eigenvalue weighted by Crippen LogP contribution is -2.26. The fourth-order valence-electron chi connectivity index (χ4n) is 2.54. The second kappa shape index (κ2) is 3.74. The first-order valence-corrected chi connectivity index (χ1v) is 5.49. The van der Waals surface area contributed by atoms with Crippen molar-refractivity contribution in [3.05, 3.63) is 35.4 Å². The van der Waals surface area contributed by atoms with Crippen LogP contribution in [0.4, 0.5) is 0 Å². The van der Waals surface area contributed by atoms with Gasteiger partial charge < -0.3 is 5.32 Å². The van der Waals surface area contributed by atoms with Gasteiger partial charge in [-0.15, -0.1) is 0 Å². The highest BCUT2D eigenvalue weighted by Gasteiger charge is 2.28. The highest BCUT2D eigenvalue weighted by molar-refractivity contribution is 5.27.